The van der Waals surface area contributed by atoms with Crippen LogP contribution in [0.15, 0.2) is 45.9 Å². The number of thiocarbonyl (C=S) groups is 1. The zero-order chi connectivity index (χ0) is 18.6. The van der Waals surface area contributed by atoms with Crippen molar-refractivity contribution in [2.24, 2.45) is 5.14 Å². The van der Waals surface area contributed by atoms with Gasteiger partial charge in [-0.15, -0.1) is 0 Å². The Morgan fingerprint density at radius 1 is 1.32 bits per heavy atom. The van der Waals surface area contributed by atoms with E-state index in [1.807, 2.05) is 0 Å². The number of nitro groups is 1. The first-order valence-electron chi connectivity index (χ1n) is 6.40. The predicted octanol–water partition coefficient (Wildman–Crippen LogP) is 0.467. The molecule has 5 N–H and O–H groups in total. The third kappa shape index (κ3) is 4.72. The largest absolute Gasteiger partial charge is 0.459 e. The molecule has 1 aromatic carbocycles. The zero-order valence-electron chi connectivity index (χ0n) is 12.3. The molecule has 0 atom stereocenters. The maximum absolute atomic E-state index is 11.7. The fraction of sp³-hybridized carbons (Fsp3) is 0. The second-order valence-corrected chi connectivity index (χ2v) is 6.46. The van der Waals surface area contributed by atoms with Gasteiger partial charge in [0.15, 0.2) is 10.9 Å². The van der Waals surface area contributed by atoms with E-state index >= 15 is 0 Å². The van der Waals surface area contributed by atoms with Gasteiger partial charge in [0, 0.05) is 6.07 Å². The Bertz CT molecular complexity index is 925. The van der Waals surface area contributed by atoms with Crippen molar-refractivity contribution >= 4 is 44.6 Å². The number of sulfonamides is 1. The number of furan rings is 1. The molecule has 2 rings (SSSR count). The maximum Gasteiger partial charge on any atom is 0.295 e. The fourth-order valence-corrected chi connectivity index (χ4v) is 2.35. The summed E-state index contributed by atoms with van der Waals surface area (Å²) in [7, 11) is -4.09. The van der Waals surface area contributed by atoms with E-state index in [2.05, 4.69) is 16.2 Å². The van der Waals surface area contributed by atoms with Crippen molar-refractivity contribution < 1.29 is 22.6 Å². The molecule has 2 aromatic rings. The highest BCUT2D eigenvalue weighted by molar-refractivity contribution is 7.89. The van der Waals surface area contributed by atoms with Crippen molar-refractivity contribution in [1.82, 2.24) is 10.7 Å². The van der Waals surface area contributed by atoms with Gasteiger partial charge in [-0.1, -0.05) is 0 Å². The van der Waals surface area contributed by atoms with Gasteiger partial charge in [-0.25, -0.2) is 13.6 Å². The number of carbonyl (C=O) groups is 1. The predicted molar refractivity (Wildman–Crippen MR) is 90.0 cm³/mol. The smallest absolute Gasteiger partial charge is 0.295 e. The van der Waals surface area contributed by atoms with Crippen LogP contribution in [0.4, 0.5) is 11.4 Å². The van der Waals surface area contributed by atoms with Gasteiger partial charge in [-0.2, -0.15) is 0 Å². The summed E-state index contributed by atoms with van der Waals surface area (Å²) in [6.45, 7) is 0. The molecule has 11 nitrogen and oxygen atoms in total. The number of amides is 1. The van der Waals surface area contributed by atoms with Crippen molar-refractivity contribution in [3.05, 3.63) is 52.5 Å². The van der Waals surface area contributed by atoms with Crippen molar-refractivity contribution in [1.29, 1.82) is 0 Å². The highest BCUT2D eigenvalue weighted by atomic mass is 32.2. The molecule has 0 radical (unpaired) electrons. The lowest BCUT2D eigenvalue weighted by atomic mass is 10.3. The van der Waals surface area contributed by atoms with Crippen molar-refractivity contribution in [2.75, 3.05) is 5.43 Å². The topological polar surface area (TPSA) is 170 Å². The van der Waals surface area contributed by atoms with Crippen LogP contribution in [-0.4, -0.2) is 24.4 Å². The lowest BCUT2D eigenvalue weighted by Gasteiger charge is -2.11. The molecule has 1 aromatic heterocycles. The Hall–Kier alpha value is -3.03. The molecule has 0 bridgehead atoms. The summed E-state index contributed by atoms with van der Waals surface area (Å²) in [4.78, 5) is 21.6. The number of rotatable bonds is 5. The van der Waals surface area contributed by atoms with E-state index in [-0.39, 0.29) is 16.6 Å². The van der Waals surface area contributed by atoms with Crippen LogP contribution in [0, 0.1) is 10.1 Å². The number of benzene rings is 1. The summed E-state index contributed by atoms with van der Waals surface area (Å²) < 4.78 is 27.4. The molecular formula is C12H11N5O6S2. The van der Waals surface area contributed by atoms with Crippen molar-refractivity contribution in [3.8, 4) is 0 Å². The Balaban J connectivity index is 2.08. The molecule has 25 heavy (non-hydrogen) atoms. The molecule has 0 saturated heterocycles. The van der Waals surface area contributed by atoms with Gasteiger partial charge >= 0.3 is 0 Å². The van der Waals surface area contributed by atoms with Crippen LogP contribution < -0.4 is 21.3 Å². The summed E-state index contributed by atoms with van der Waals surface area (Å²) in [5, 5.41) is 18.1. The first-order valence-corrected chi connectivity index (χ1v) is 8.36. The van der Waals surface area contributed by atoms with E-state index in [0.717, 1.165) is 18.2 Å². The Morgan fingerprint density at radius 3 is 2.60 bits per heavy atom. The highest BCUT2D eigenvalue weighted by Gasteiger charge is 2.19. The Morgan fingerprint density at radius 2 is 2.04 bits per heavy atom. The van der Waals surface area contributed by atoms with Crippen LogP contribution >= 0.6 is 12.2 Å². The molecule has 0 aliphatic rings. The fourth-order valence-electron chi connectivity index (χ4n) is 1.67. The van der Waals surface area contributed by atoms with Gasteiger partial charge in [-0.05, 0) is 36.5 Å². The third-order valence-electron chi connectivity index (χ3n) is 2.78. The van der Waals surface area contributed by atoms with Crippen LogP contribution in [0.1, 0.15) is 10.6 Å². The minimum Gasteiger partial charge on any atom is -0.459 e. The molecule has 1 heterocycles. The molecule has 0 saturated carbocycles. The van der Waals surface area contributed by atoms with Gasteiger partial charge in [0.05, 0.1) is 16.1 Å². The average Bonchev–Trinajstić information content (AvgIpc) is 3.06. The SMILES string of the molecule is NS(=O)(=O)c1ccc(NNC(=S)NC(=O)c2ccco2)c([N+](=O)[O-])c1. The molecule has 1 amide bonds. The van der Waals surface area contributed by atoms with E-state index < -0.39 is 31.4 Å². The summed E-state index contributed by atoms with van der Waals surface area (Å²) in [6, 6.07) is 5.94. The van der Waals surface area contributed by atoms with E-state index in [4.69, 9.17) is 21.8 Å². The first kappa shape index (κ1) is 18.3. The van der Waals surface area contributed by atoms with Crippen molar-refractivity contribution in [3.63, 3.8) is 0 Å². The molecule has 0 unspecified atom stereocenters. The Kier molecular flexibility index (Phi) is 5.31. The number of nitrogens with two attached hydrogens (primary N) is 1. The van der Waals surface area contributed by atoms with Crippen LogP contribution in [0.3, 0.4) is 0 Å². The standard InChI is InChI=1S/C12H11N5O6S2/c13-25(21,22)7-3-4-8(9(6-7)17(19)20)15-16-12(24)14-11(18)10-2-1-5-23-10/h1-6,15H,(H2,13,21,22)(H2,14,16,18,24). The van der Waals surface area contributed by atoms with E-state index in [0.29, 0.717) is 0 Å². The van der Waals surface area contributed by atoms with Gasteiger partial charge < -0.3 is 4.42 Å². The minimum atomic E-state index is -4.09. The molecule has 0 aliphatic carbocycles. The Labute approximate surface area is 146 Å². The molecule has 0 spiro atoms. The van der Waals surface area contributed by atoms with Crippen LogP contribution in [-0.2, 0) is 10.0 Å². The zero-order valence-corrected chi connectivity index (χ0v) is 13.9. The number of carbonyl (C=O) groups excluding carboxylic acids is 1. The summed E-state index contributed by atoms with van der Waals surface area (Å²) in [6.07, 6.45) is 1.31. The molecule has 13 heteroatoms. The number of anilines is 1. The first-order chi connectivity index (χ1) is 11.7. The van der Waals surface area contributed by atoms with E-state index in [1.54, 1.807) is 0 Å². The van der Waals surface area contributed by atoms with Crippen molar-refractivity contribution in [2.45, 2.75) is 4.90 Å². The van der Waals surface area contributed by atoms with Gasteiger partial charge in [0.2, 0.25) is 10.0 Å². The average molecular weight is 385 g/mol. The summed E-state index contributed by atoms with van der Waals surface area (Å²) in [5.41, 5.74) is 4.13. The van der Waals surface area contributed by atoms with Crippen LogP contribution in [0.2, 0.25) is 0 Å². The number of nitro benzene ring substituents is 1. The molecule has 0 fully saturated rings. The second-order valence-electron chi connectivity index (χ2n) is 4.49. The molecule has 0 aliphatic heterocycles. The number of nitrogens with zero attached hydrogens (tertiary/aromatic N) is 1. The molecular weight excluding hydrogens is 374 g/mol. The lowest BCUT2D eigenvalue weighted by molar-refractivity contribution is -0.384. The number of primary sulfonamides is 1. The highest BCUT2D eigenvalue weighted by Crippen LogP contribution is 2.26. The van der Waals surface area contributed by atoms with Gasteiger partial charge in [0.1, 0.15) is 5.69 Å². The number of hydrogen-bond donors (Lipinski definition) is 4. The van der Waals surface area contributed by atoms with Crippen LogP contribution in [0.25, 0.3) is 0 Å². The van der Waals surface area contributed by atoms with E-state index in [1.165, 1.54) is 18.4 Å². The normalized spacial score (nSPS) is 10.8. The van der Waals surface area contributed by atoms with Gasteiger partial charge in [-0.3, -0.25) is 31.1 Å². The summed E-state index contributed by atoms with van der Waals surface area (Å²) >= 11 is 4.86. The second kappa shape index (κ2) is 7.25. The number of nitrogens with one attached hydrogen (secondary N) is 3. The third-order valence-corrected chi connectivity index (χ3v) is 3.89. The van der Waals surface area contributed by atoms with Gasteiger partial charge in [0.25, 0.3) is 11.6 Å². The minimum absolute atomic E-state index is 0.0210. The summed E-state index contributed by atoms with van der Waals surface area (Å²) in [5.74, 6) is -0.601. The molecule has 132 valence electrons. The monoisotopic (exact) mass is 385 g/mol. The van der Waals surface area contributed by atoms with E-state index in [9.17, 15) is 23.3 Å². The van der Waals surface area contributed by atoms with Crippen LogP contribution in [0.5, 0.6) is 0 Å². The number of hydrazine groups is 1. The number of hydrogen-bond acceptors (Lipinski definition) is 8. The quantitative estimate of drug-likeness (QED) is 0.324. The lowest BCUT2D eigenvalue weighted by Crippen LogP contribution is -2.42. The maximum atomic E-state index is 11.7.